The Bertz CT molecular complexity index is 800. The number of benzene rings is 1. The van der Waals surface area contributed by atoms with Gasteiger partial charge in [0, 0.05) is 19.5 Å². The Hall–Kier alpha value is -2.94. The summed E-state index contributed by atoms with van der Waals surface area (Å²) < 4.78 is 0. The van der Waals surface area contributed by atoms with Gasteiger partial charge in [-0.1, -0.05) is 30.3 Å². The van der Waals surface area contributed by atoms with Crippen molar-refractivity contribution in [2.24, 2.45) is 5.73 Å². The second kappa shape index (κ2) is 9.71. The molecule has 2 aliphatic rings. The molecule has 3 amide bonds. The lowest BCUT2D eigenvalue weighted by Crippen LogP contribution is -2.56. The fraction of sp³-hybridized carbons (Fsp3) is 0.524. The minimum Gasteiger partial charge on any atom is -0.480 e. The number of hydrogen-bond acceptors (Lipinski definition) is 5. The second-order valence-corrected chi connectivity index (χ2v) is 7.73. The molecule has 0 radical (unpaired) electrons. The predicted octanol–water partition coefficient (Wildman–Crippen LogP) is -0.261. The van der Waals surface area contributed by atoms with Gasteiger partial charge in [0.25, 0.3) is 0 Å². The van der Waals surface area contributed by atoms with E-state index in [1.165, 1.54) is 9.80 Å². The number of nitrogens with zero attached hydrogens (tertiary/aromatic N) is 2. The van der Waals surface area contributed by atoms with Crippen LogP contribution in [0.15, 0.2) is 30.3 Å². The predicted molar refractivity (Wildman–Crippen MR) is 108 cm³/mol. The number of carbonyl (C=O) groups is 4. The fourth-order valence-corrected chi connectivity index (χ4v) is 4.26. The molecule has 1 aromatic carbocycles. The molecule has 0 saturated carbocycles. The van der Waals surface area contributed by atoms with Crippen molar-refractivity contribution in [3.05, 3.63) is 35.9 Å². The van der Waals surface area contributed by atoms with Crippen LogP contribution in [0.5, 0.6) is 0 Å². The largest absolute Gasteiger partial charge is 0.480 e. The monoisotopic (exact) mass is 416 g/mol. The number of aliphatic carboxylic acids is 1. The van der Waals surface area contributed by atoms with Gasteiger partial charge < -0.3 is 26.0 Å². The maximum atomic E-state index is 13.2. The van der Waals surface area contributed by atoms with Crippen LogP contribution in [0.4, 0.5) is 0 Å². The van der Waals surface area contributed by atoms with E-state index < -0.39 is 35.9 Å². The number of carboxylic acid groups (broad SMARTS) is 1. The van der Waals surface area contributed by atoms with Crippen LogP contribution in [-0.2, 0) is 25.6 Å². The molecule has 30 heavy (non-hydrogen) atoms. The first kappa shape index (κ1) is 21.8. The highest BCUT2D eigenvalue weighted by Crippen LogP contribution is 2.21. The van der Waals surface area contributed by atoms with Gasteiger partial charge in [-0.15, -0.1) is 0 Å². The van der Waals surface area contributed by atoms with Gasteiger partial charge in [0.05, 0.1) is 6.54 Å². The average molecular weight is 416 g/mol. The average Bonchev–Trinajstić information content (AvgIpc) is 3.42. The summed E-state index contributed by atoms with van der Waals surface area (Å²) in [6.45, 7) is 0.626. The molecule has 2 saturated heterocycles. The van der Waals surface area contributed by atoms with Crippen molar-refractivity contribution in [3.63, 3.8) is 0 Å². The van der Waals surface area contributed by atoms with Crippen LogP contribution in [0.2, 0.25) is 0 Å². The molecule has 0 bridgehead atoms. The lowest BCUT2D eigenvalue weighted by molar-refractivity contribution is -0.149. The number of hydrogen-bond donors (Lipinski definition) is 3. The third-order valence-corrected chi connectivity index (χ3v) is 5.77. The quantitative estimate of drug-likeness (QED) is 0.561. The first-order valence-corrected chi connectivity index (χ1v) is 10.3. The zero-order valence-corrected chi connectivity index (χ0v) is 16.8. The molecule has 162 valence electrons. The summed E-state index contributed by atoms with van der Waals surface area (Å²) in [5.74, 6) is -2.16. The van der Waals surface area contributed by atoms with Gasteiger partial charge >= 0.3 is 5.97 Å². The minimum atomic E-state index is -1.04. The van der Waals surface area contributed by atoms with E-state index in [0.717, 1.165) is 5.56 Å². The number of nitrogens with one attached hydrogen (secondary N) is 1. The summed E-state index contributed by atoms with van der Waals surface area (Å²) in [7, 11) is 0. The zero-order valence-electron chi connectivity index (χ0n) is 16.8. The van der Waals surface area contributed by atoms with Crippen molar-refractivity contribution in [1.82, 2.24) is 15.1 Å². The standard InChI is InChI=1S/C21H28N4O5/c22-13-18(26)24-10-4-8-16(24)19(27)23-15(12-14-6-2-1-3-7-14)20(28)25-11-5-9-17(25)21(29)30/h1-3,6-7,15-17H,4-5,8-13,22H2,(H,23,27)(H,29,30)/t15-,16-,17-/m0/s1. The van der Waals surface area contributed by atoms with Crippen molar-refractivity contribution in [2.75, 3.05) is 19.6 Å². The van der Waals surface area contributed by atoms with Gasteiger partial charge in [0.1, 0.15) is 18.1 Å². The maximum Gasteiger partial charge on any atom is 0.326 e. The number of likely N-dealkylation sites (tertiary alicyclic amines) is 2. The van der Waals surface area contributed by atoms with E-state index in [1.807, 2.05) is 30.3 Å². The Morgan fingerprint density at radius 2 is 1.67 bits per heavy atom. The molecule has 1 aromatic rings. The number of amides is 3. The van der Waals surface area contributed by atoms with Crippen LogP contribution in [0.3, 0.4) is 0 Å². The number of carbonyl (C=O) groups excluding carboxylic acids is 3. The molecular formula is C21H28N4O5. The Morgan fingerprint density at radius 3 is 2.30 bits per heavy atom. The van der Waals surface area contributed by atoms with Crippen molar-refractivity contribution < 1.29 is 24.3 Å². The minimum absolute atomic E-state index is 0.176. The van der Waals surface area contributed by atoms with Crippen LogP contribution < -0.4 is 11.1 Å². The molecule has 9 heteroatoms. The van der Waals surface area contributed by atoms with E-state index >= 15 is 0 Å². The van der Waals surface area contributed by atoms with Crippen molar-refractivity contribution in [2.45, 2.75) is 50.2 Å². The van der Waals surface area contributed by atoms with Gasteiger partial charge in [-0.3, -0.25) is 14.4 Å². The number of carboxylic acids is 1. The van der Waals surface area contributed by atoms with Gasteiger partial charge in [-0.2, -0.15) is 0 Å². The summed E-state index contributed by atoms with van der Waals surface area (Å²) in [6, 6.07) is 6.79. The maximum absolute atomic E-state index is 13.2. The van der Waals surface area contributed by atoms with E-state index in [9.17, 15) is 24.3 Å². The Morgan fingerprint density at radius 1 is 1.03 bits per heavy atom. The first-order chi connectivity index (χ1) is 14.4. The molecule has 0 aliphatic carbocycles. The van der Waals surface area contributed by atoms with Crippen molar-refractivity contribution >= 4 is 23.7 Å². The summed E-state index contributed by atoms with van der Waals surface area (Å²) in [5, 5.41) is 12.2. The molecule has 9 nitrogen and oxygen atoms in total. The summed E-state index contributed by atoms with van der Waals surface area (Å²) in [5.41, 5.74) is 6.30. The van der Waals surface area contributed by atoms with Gasteiger partial charge in [-0.05, 0) is 31.2 Å². The molecule has 2 fully saturated rings. The SMILES string of the molecule is NCC(=O)N1CCC[C@H]1C(=O)N[C@@H](Cc1ccccc1)C(=O)N1CCC[C@H]1C(=O)O. The van der Waals surface area contributed by atoms with Gasteiger partial charge in [-0.25, -0.2) is 4.79 Å². The van der Waals surface area contributed by atoms with Crippen LogP contribution in [0.25, 0.3) is 0 Å². The molecule has 2 aliphatic heterocycles. The second-order valence-electron chi connectivity index (χ2n) is 7.73. The number of nitrogens with two attached hydrogens (primary N) is 1. The first-order valence-electron chi connectivity index (χ1n) is 10.3. The molecule has 3 atom stereocenters. The fourth-order valence-electron chi connectivity index (χ4n) is 4.26. The smallest absolute Gasteiger partial charge is 0.326 e. The van der Waals surface area contributed by atoms with E-state index in [-0.39, 0.29) is 18.9 Å². The van der Waals surface area contributed by atoms with Crippen LogP contribution in [0.1, 0.15) is 31.2 Å². The Balaban J connectivity index is 1.79. The molecule has 0 aromatic heterocycles. The molecule has 4 N–H and O–H groups in total. The van der Waals surface area contributed by atoms with Gasteiger partial charge in [0.2, 0.25) is 17.7 Å². The Kier molecular flexibility index (Phi) is 7.04. The highest BCUT2D eigenvalue weighted by atomic mass is 16.4. The van der Waals surface area contributed by atoms with Crippen molar-refractivity contribution in [1.29, 1.82) is 0 Å². The summed E-state index contributed by atoms with van der Waals surface area (Å²) in [4.78, 5) is 52.6. The molecule has 0 spiro atoms. The van der Waals surface area contributed by atoms with E-state index in [1.54, 1.807) is 0 Å². The van der Waals surface area contributed by atoms with E-state index in [0.29, 0.717) is 38.8 Å². The summed E-state index contributed by atoms with van der Waals surface area (Å²) in [6.07, 6.45) is 2.44. The van der Waals surface area contributed by atoms with Crippen molar-refractivity contribution in [3.8, 4) is 0 Å². The van der Waals surface area contributed by atoms with Crippen LogP contribution in [0, 0.1) is 0 Å². The van der Waals surface area contributed by atoms with E-state index in [2.05, 4.69) is 5.32 Å². The summed E-state index contributed by atoms with van der Waals surface area (Å²) >= 11 is 0. The van der Waals surface area contributed by atoms with Gasteiger partial charge in [0.15, 0.2) is 0 Å². The Labute approximate surface area is 175 Å². The topological polar surface area (TPSA) is 133 Å². The third kappa shape index (κ3) is 4.79. The highest BCUT2D eigenvalue weighted by molar-refractivity contribution is 5.94. The van der Waals surface area contributed by atoms with Crippen LogP contribution in [-0.4, -0.2) is 76.4 Å². The van der Waals surface area contributed by atoms with Crippen LogP contribution >= 0.6 is 0 Å². The highest BCUT2D eigenvalue weighted by Gasteiger charge is 2.40. The molecule has 3 rings (SSSR count). The van der Waals surface area contributed by atoms with E-state index in [4.69, 9.17) is 5.73 Å². The normalized spacial score (nSPS) is 22.0. The lowest BCUT2D eigenvalue weighted by atomic mass is 10.0. The molecular weight excluding hydrogens is 388 g/mol. The third-order valence-electron chi connectivity index (χ3n) is 5.77. The zero-order chi connectivity index (χ0) is 21.7. The lowest BCUT2D eigenvalue weighted by Gasteiger charge is -2.30. The molecule has 0 unspecified atom stereocenters. The number of rotatable bonds is 7. The molecule has 2 heterocycles.